The zero-order valence-corrected chi connectivity index (χ0v) is 19.1. The van der Waals surface area contributed by atoms with Crippen molar-refractivity contribution in [1.82, 2.24) is 4.98 Å². The van der Waals surface area contributed by atoms with Gasteiger partial charge in [0, 0.05) is 36.0 Å². The summed E-state index contributed by atoms with van der Waals surface area (Å²) in [5.41, 5.74) is 3.68. The highest BCUT2D eigenvalue weighted by atomic mass is 16.5. The van der Waals surface area contributed by atoms with Crippen LogP contribution in [0.15, 0.2) is 48.7 Å². The Morgan fingerprint density at radius 2 is 1.70 bits per heavy atom. The second kappa shape index (κ2) is 10.3. The highest BCUT2D eigenvalue weighted by Crippen LogP contribution is 2.32. The summed E-state index contributed by atoms with van der Waals surface area (Å²) in [7, 11) is 1.33. The first-order valence-electron chi connectivity index (χ1n) is 11.4. The smallest absolute Gasteiger partial charge is 0.341 e. The molecule has 1 aromatic heterocycles. The van der Waals surface area contributed by atoms with Gasteiger partial charge in [0.2, 0.25) is 0 Å². The van der Waals surface area contributed by atoms with Gasteiger partial charge in [-0.3, -0.25) is 4.98 Å². The predicted molar refractivity (Wildman–Crippen MR) is 129 cm³/mol. The van der Waals surface area contributed by atoms with Crippen LogP contribution >= 0.6 is 0 Å². The van der Waals surface area contributed by atoms with Gasteiger partial charge in [0.25, 0.3) is 0 Å². The van der Waals surface area contributed by atoms with Crippen molar-refractivity contribution in [3.63, 3.8) is 0 Å². The van der Waals surface area contributed by atoms with Gasteiger partial charge in [-0.15, -0.1) is 0 Å². The molecule has 4 rings (SSSR count). The normalized spacial score (nSPS) is 13.9. The molecule has 1 N–H and O–H groups in total. The number of para-hydroxylation sites is 1. The van der Waals surface area contributed by atoms with Crippen LogP contribution in [0.1, 0.15) is 53.3 Å². The molecule has 1 aliphatic heterocycles. The fourth-order valence-electron chi connectivity index (χ4n) is 4.22. The third-order valence-corrected chi connectivity index (χ3v) is 5.91. The number of anilines is 3. The van der Waals surface area contributed by atoms with Crippen molar-refractivity contribution in [1.29, 1.82) is 0 Å². The van der Waals surface area contributed by atoms with Crippen molar-refractivity contribution in [2.75, 3.05) is 37.0 Å². The van der Waals surface area contributed by atoms with Gasteiger partial charge >= 0.3 is 11.9 Å². The zero-order valence-electron chi connectivity index (χ0n) is 19.1. The van der Waals surface area contributed by atoms with E-state index in [1.807, 2.05) is 18.2 Å². The van der Waals surface area contributed by atoms with Crippen LogP contribution in [0, 0.1) is 0 Å². The van der Waals surface area contributed by atoms with Gasteiger partial charge in [-0.2, -0.15) is 0 Å². The van der Waals surface area contributed by atoms with Gasteiger partial charge in [0.1, 0.15) is 5.56 Å². The molecule has 0 bridgehead atoms. The monoisotopic (exact) mass is 447 g/mol. The summed E-state index contributed by atoms with van der Waals surface area (Å²) in [6.45, 7) is 4.16. The Labute approximate surface area is 193 Å². The SMILES string of the molecule is CCOC(=O)c1cnc2c(C(=O)OC)cccc2c1Nc1ccc(N2CCCCCC2)cc1. The average molecular weight is 448 g/mol. The molecule has 0 unspecified atom stereocenters. The van der Waals surface area contributed by atoms with E-state index in [0.717, 1.165) is 18.8 Å². The number of hydrogen-bond donors (Lipinski definition) is 1. The molecule has 2 aromatic carbocycles. The molecule has 0 aliphatic carbocycles. The fourth-order valence-corrected chi connectivity index (χ4v) is 4.22. The summed E-state index contributed by atoms with van der Waals surface area (Å²) in [4.78, 5) is 31.7. The molecule has 0 atom stereocenters. The van der Waals surface area contributed by atoms with Crippen LogP contribution in [0.5, 0.6) is 0 Å². The van der Waals surface area contributed by atoms with Gasteiger partial charge in [0.05, 0.1) is 30.5 Å². The highest BCUT2D eigenvalue weighted by Gasteiger charge is 2.20. The summed E-state index contributed by atoms with van der Waals surface area (Å²) in [5, 5.41) is 4.01. The van der Waals surface area contributed by atoms with Gasteiger partial charge in [-0.25, -0.2) is 9.59 Å². The first-order valence-corrected chi connectivity index (χ1v) is 11.4. The van der Waals surface area contributed by atoms with Crippen LogP contribution in [-0.2, 0) is 9.47 Å². The minimum atomic E-state index is -0.482. The van der Waals surface area contributed by atoms with Crippen LogP contribution in [0.3, 0.4) is 0 Å². The third-order valence-electron chi connectivity index (χ3n) is 5.91. The highest BCUT2D eigenvalue weighted by molar-refractivity contribution is 6.11. The number of pyridine rings is 1. The topological polar surface area (TPSA) is 80.8 Å². The van der Waals surface area contributed by atoms with Crippen molar-refractivity contribution in [2.24, 2.45) is 0 Å². The molecule has 0 spiro atoms. The Morgan fingerprint density at radius 1 is 0.970 bits per heavy atom. The second-order valence-corrected chi connectivity index (χ2v) is 8.03. The van der Waals surface area contributed by atoms with Crippen LogP contribution in [0.25, 0.3) is 10.9 Å². The molecule has 172 valence electrons. The number of ether oxygens (including phenoxy) is 2. The summed E-state index contributed by atoms with van der Waals surface area (Å²) in [5.74, 6) is -0.955. The number of hydrogen-bond acceptors (Lipinski definition) is 7. The van der Waals surface area contributed by atoms with Gasteiger partial charge in [-0.05, 0) is 50.1 Å². The van der Waals surface area contributed by atoms with Crippen molar-refractivity contribution >= 4 is 39.9 Å². The van der Waals surface area contributed by atoms with E-state index in [2.05, 4.69) is 27.3 Å². The Hall–Kier alpha value is -3.61. The van der Waals surface area contributed by atoms with E-state index in [1.165, 1.54) is 44.7 Å². The predicted octanol–water partition coefficient (Wildman–Crippen LogP) is 5.32. The molecule has 0 amide bonds. The van der Waals surface area contributed by atoms with Crippen LogP contribution in [0.2, 0.25) is 0 Å². The van der Waals surface area contributed by atoms with E-state index in [4.69, 9.17) is 9.47 Å². The molecule has 1 aliphatic rings. The minimum Gasteiger partial charge on any atom is -0.465 e. The standard InChI is InChI=1S/C26H29N3O4/c1-3-33-26(31)22-17-27-23-20(9-8-10-21(23)25(30)32-2)24(22)28-18-11-13-19(14-12-18)29-15-6-4-5-7-16-29/h8-14,17H,3-7,15-16H2,1-2H3,(H,27,28). The number of rotatable bonds is 6. The average Bonchev–Trinajstić information content (AvgIpc) is 3.13. The number of benzene rings is 2. The Kier molecular flexibility index (Phi) is 7.07. The van der Waals surface area contributed by atoms with Crippen molar-refractivity contribution in [3.8, 4) is 0 Å². The van der Waals surface area contributed by atoms with Gasteiger partial charge in [0.15, 0.2) is 0 Å². The summed E-state index contributed by atoms with van der Waals surface area (Å²) < 4.78 is 10.1. The first-order chi connectivity index (χ1) is 16.1. The lowest BCUT2D eigenvalue weighted by atomic mass is 10.0. The number of esters is 2. The summed E-state index contributed by atoms with van der Waals surface area (Å²) in [6, 6.07) is 13.4. The molecule has 33 heavy (non-hydrogen) atoms. The van der Waals surface area contributed by atoms with Crippen molar-refractivity contribution in [2.45, 2.75) is 32.6 Å². The number of nitrogens with one attached hydrogen (secondary N) is 1. The number of fused-ring (bicyclic) bond motifs is 1. The van der Waals surface area contributed by atoms with Gasteiger partial charge < -0.3 is 19.7 Å². The fraction of sp³-hybridized carbons (Fsp3) is 0.346. The molecular formula is C26H29N3O4. The number of aromatic nitrogens is 1. The molecule has 1 saturated heterocycles. The Balaban J connectivity index is 1.72. The molecule has 3 aromatic rings. The molecule has 2 heterocycles. The Bertz CT molecular complexity index is 1140. The van der Waals surface area contributed by atoms with E-state index < -0.39 is 11.9 Å². The molecular weight excluding hydrogens is 418 g/mol. The first kappa shape index (κ1) is 22.6. The maximum Gasteiger partial charge on any atom is 0.341 e. The van der Waals surface area contributed by atoms with Crippen LogP contribution in [-0.4, -0.2) is 43.7 Å². The van der Waals surface area contributed by atoms with Crippen LogP contribution < -0.4 is 10.2 Å². The quantitative estimate of drug-likeness (QED) is 0.512. The lowest BCUT2D eigenvalue weighted by molar-refractivity contribution is 0.0526. The Morgan fingerprint density at radius 3 is 2.36 bits per heavy atom. The summed E-state index contributed by atoms with van der Waals surface area (Å²) >= 11 is 0. The van der Waals surface area contributed by atoms with Crippen LogP contribution in [0.4, 0.5) is 17.1 Å². The molecule has 0 radical (unpaired) electrons. The third kappa shape index (κ3) is 4.92. The number of carbonyl (C=O) groups is 2. The van der Waals surface area contributed by atoms with E-state index >= 15 is 0 Å². The maximum absolute atomic E-state index is 12.7. The second-order valence-electron chi connectivity index (χ2n) is 8.03. The zero-order chi connectivity index (χ0) is 23.2. The molecule has 1 fully saturated rings. The van der Waals surface area contributed by atoms with E-state index in [0.29, 0.717) is 27.7 Å². The van der Waals surface area contributed by atoms with Crippen molar-refractivity contribution < 1.29 is 19.1 Å². The molecule has 0 saturated carbocycles. The van der Waals surface area contributed by atoms with E-state index in [9.17, 15) is 9.59 Å². The lowest BCUT2D eigenvalue weighted by Gasteiger charge is -2.23. The van der Waals surface area contributed by atoms with Crippen molar-refractivity contribution in [3.05, 3.63) is 59.8 Å². The molecule has 7 heteroatoms. The number of carbonyl (C=O) groups excluding carboxylic acids is 2. The van der Waals surface area contributed by atoms with E-state index in [1.54, 1.807) is 19.1 Å². The lowest BCUT2D eigenvalue weighted by Crippen LogP contribution is -2.23. The van der Waals surface area contributed by atoms with Gasteiger partial charge in [-0.1, -0.05) is 25.0 Å². The minimum absolute atomic E-state index is 0.253. The number of methoxy groups -OCH3 is 1. The summed E-state index contributed by atoms with van der Waals surface area (Å²) in [6.07, 6.45) is 6.45. The largest absolute Gasteiger partial charge is 0.465 e. The number of nitrogens with zero attached hydrogens (tertiary/aromatic N) is 2. The maximum atomic E-state index is 12.7. The molecule has 7 nitrogen and oxygen atoms in total. The van der Waals surface area contributed by atoms with E-state index in [-0.39, 0.29) is 6.61 Å².